The fourth-order valence-electron chi connectivity index (χ4n) is 3.67. The second-order valence-electron chi connectivity index (χ2n) is 8.03. The summed E-state index contributed by atoms with van der Waals surface area (Å²) in [6.07, 6.45) is 4.09. The Kier molecular flexibility index (Phi) is 5.99. The van der Waals surface area contributed by atoms with Crippen molar-refractivity contribution in [2.45, 2.75) is 31.7 Å². The average molecular weight is 403 g/mol. The maximum absolute atomic E-state index is 12.8. The predicted octanol–water partition coefficient (Wildman–Crippen LogP) is 3.38. The number of nitrogens with zero attached hydrogens (tertiary/aromatic N) is 2. The van der Waals surface area contributed by atoms with Gasteiger partial charge in [0.15, 0.2) is 0 Å². The molecule has 1 unspecified atom stereocenters. The van der Waals surface area contributed by atoms with Gasteiger partial charge in [-0.05, 0) is 74.2 Å². The third kappa shape index (κ3) is 4.98. The van der Waals surface area contributed by atoms with Gasteiger partial charge >= 0.3 is 0 Å². The summed E-state index contributed by atoms with van der Waals surface area (Å²) in [6.45, 7) is 1.92. The molecule has 1 atom stereocenters. The number of carbonyl (C=O) groups excluding carboxylic acids is 2. The van der Waals surface area contributed by atoms with E-state index in [2.05, 4.69) is 11.4 Å². The molecule has 1 aliphatic carbocycles. The Balaban J connectivity index is 1.28. The number of piperidine rings is 1. The van der Waals surface area contributed by atoms with Crippen molar-refractivity contribution in [2.24, 2.45) is 5.92 Å². The van der Waals surface area contributed by atoms with Crippen LogP contribution in [0.4, 0.5) is 0 Å². The fraction of sp³-hybridized carbons (Fsp3) is 0.375. The number of hydrogen-bond acceptors (Lipinski definition) is 4. The lowest BCUT2D eigenvalue weighted by atomic mass is 9.98. The molecule has 0 spiro atoms. The first-order valence-electron chi connectivity index (χ1n) is 10.5. The van der Waals surface area contributed by atoms with Crippen LogP contribution in [0.5, 0.6) is 5.75 Å². The minimum absolute atomic E-state index is 0.00443. The second-order valence-corrected chi connectivity index (χ2v) is 8.03. The third-order valence-corrected chi connectivity index (χ3v) is 5.58. The smallest absolute Gasteiger partial charge is 0.253 e. The van der Waals surface area contributed by atoms with E-state index in [4.69, 9.17) is 10.00 Å². The van der Waals surface area contributed by atoms with Crippen molar-refractivity contribution in [1.29, 1.82) is 5.26 Å². The molecule has 2 aliphatic rings. The molecule has 1 saturated heterocycles. The van der Waals surface area contributed by atoms with Crippen LogP contribution in [-0.4, -0.2) is 42.5 Å². The Hall–Kier alpha value is -3.33. The van der Waals surface area contributed by atoms with Crippen molar-refractivity contribution in [1.82, 2.24) is 10.2 Å². The van der Waals surface area contributed by atoms with E-state index in [0.717, 1.165) is 38.0 Å². The molecule has 1 heterocycles. The van der Waals surface area contributed by atoms with Gasteiger partial charge in [-0.1, -0.05) is 0 Å². The molecule has 2 fully saturated rings. The highest BCUT2D eigenvalue weighted by Gasteiger charge is 2.25. The van der Waals surface area contributed by atoms with Crippen LogP contribution in [0.3, 0.4) is 0 Å². The predicted molar refractivity (Wildman–Crippen MR) is 112 cm³/mol. The molecule has 2 aromatic rings. The highest BCUT2D eigenvalue weighted by molar-refractivity contribution is 5.95. The zero-order chi connectivity index (χ0) is 20.9. The second kappa shape index (κ2) is 9.00. The lowest BCUT2D eigenvalue weighted by Gasteiger charge is -2.32. The highest BCUT2D eigenvalue weighted by atomic mass is 16.5. The largest absolute Gasteiger partial charge is 0.493 e. The van der Waals surface area contributed by atoms with E-state index >= 15 is 0 Å². The van der Waals surface area contributed by atoms with Crippen molar-refractivity contribution < 1.29 is 14.3 Å². The molecule has 154 valence electrons. The summed E-state index contributed by atoms with van der Waals surface area (Å²) in [4.78, 5) is 26.7. The van der Waals surface area contributed by atoms with Crippen LogP contribution in [0.1, 0.15) is 52.0 Å². The van der Waals surface area contributed by atoms with Gasteiger partial charge in [0.2, 0.25) is 0 Å². The van der Waals surface area contributed by atoms with E-state index in [9.17, 15) is 9.59 Å². The number of nitriles is 1. The monoisotopic (exact) mass is 403 g/mol. The first kappa shape index (κ1) is 20.0. The first-order chi connectivity index (χ1) is 14.6. The van der Waals surface area contributed by atoms with E-state index in [1.807, 2.05) is 17.0 Å². The molecular weight excluding hydrogens is 378 g/mol. The number of carbonyl (C=O) groups is 2. The van der Waals surface area contributed by atoms with Gasteiger partial charge in [0.1, 0.15) is 5.75 Å². The lowest BCUT2D eigenvalue weighted by molar-refractivity contribution is 0.0633. The Morgan fingerprint density at radius 3 is 2.40 bits per heavy atom. The molecule has 0 aromatic heterocycles. The van der Waals surface area contributed by atoms with Gasteiger partial charge in [-0.15, -0.1) is 0 Å². The zero-order valence-electron chi connectivity index (χ0n) is 16.8. The standard InChI is InChI=1S/C24H25N3O3/c25-14-17-3-5-20(6-4-17)24(29)27-13-1-2-18(15-27)16-30-22-11-7-19(8-12-22)23(28)26-21-9-10-21/h3-8,11-12,18,21H,1-2,9-10,13,15-16H2,(H,26,28). The normalized spacial score (nSPS) is 18.4. The Morgan fingerprint density at radius 2 is 1.73 bits per heavy atom. The van der Waals surface area contributed by atoms with Crippen molar-refractivity contribution in [3.05, 3.63) is 65.2 Å². The molecule has 0 radical (unpaired) electrons. The molecule has 0 bridgehead atoms. The van der Waals surface area contributed by atoms with Crippen LogP contribution in [0.15, 0.2) is 48.5 Å². The van der Waals surface area contributed by atoms with Gasteiger partial charge in [0.25, 0.3) is 11.8 Å². The van der Waals surface area contributed by atoms with Crippen molar-refractivity contribution >= 4 is 11.8 Å². The van der Waals surface area contributed by atoms with Crippen molar-refractivity contribution in [3.63, 3.8) is 0 Å². The number of hydrogen-bond donors (Lipinski definition) is 1. The molecule has 6 heteroatoms. The molecular formula is C24H25N3O3. The topological polar surface area (TPSA) is 82.4 Å². The van der Waals surface area contributed by atoms with E-state index in [0.29, 0.717) is 35.9 Å². The Bertz CT molecular complexity index is 943. The minimum Gasteiger partial charge on any atom is -0.493 e. The highest BCUT2D eigenvalue weighted by Crippen LogP contribution is 2.22. The van der Waals surface area contributed by atoms with Crippen molar-refractivity contribution in [3.8, 4) is 11.8 Å². The maximum Gasteiger partial charge on any atom is 0.253 e. The van der Waals surface area contributed by atoms with E-state index in [1.54, 1.807) is 36.4 Å². The number of nitrogens with one attached hydrogen (secondary N) is 1. The van der Waals surface area contributed by atoms with Crippen LogP contribution in [0, 0.1) is 17.2 Å². The van der Waals surface area contributed by atoms with Gasteiger partial charge < -0.3 is 15.0 Å². The van der Waals surface area contributed by atoms with E-state index < -0.39 is 0 Å². The summed E-state index contributed by atoms with van der Waals surface area (Å²) in [7, 11) is 0. The quantitative estimate of drug-likeness (QED) is 0.802. The van der Waals surface area contributed by atoms with Crippen LogP contribution in [-0.2, 0) is 0 Å². The molecule has 1 N–H and O–H groups in total. The van der Waals surface area contributed by atoms with Crippen LogP contribution < -0.4 is 10.1 Å². The number of benzene rings is 2. The summed E-state index contributed by atoms with van der Waals surface area (Å²) in [5, 5.41) is 11.9. The van der Waals surface area contributed by atoms with Gasteiger partial charge in [0, 0.05) is 36.2 Å². The number of likely N-dealkylation sites (tertiary alicyclic amines) is 1. The summed E-state index contributed by atoms with van der Waals surface area (Å²) in [5.41, 5.74) is 1.80. The van der Waals surface area contributed by atoms with Crippen LogP contribution in [0.2, 0.25) is 0 Å². The molecule has 4 rings (SSSR count). The maximum atomic E-state index is 12.8. The van der Waals surface area contributed by atoms with Crippen LogP contribution >= 0.6 is 0 Å². The Labute approximate surface area is 176 Å². The third-order valence-electron chi connectivity index (χ3n) is 5.58. The molecule has 2 amide bonds. The molecule has 6 nitrogen and oxygen atoms in total. The van der Waals surface area contributed by atoms with Gasteiger partial charge in [-0.2, -0.15) is 5.26 Å². The fourth-order valence-corrected chi connectivity index (χ4v) is 3.67. The molecule has 1 aliphatic heterocycles. The summed E-state index contributed by atoms with van der Waals surface area (Å²) in [6, 6.07) is 16.4. The minimum atomic E-state index is -0.0340. The summed E-state index contributed by atoms with van der Waals surface area (Å²) < 4.78 is 5.93. The van der Waals surface area contributed by atoms with Gasteiger partial charge in [-0.3, -0.25) is 9.59 Å². The zero-order valence-corrected chi connectivity index (χ0v) is 16.8. The molecule has 1 saturated carbocycles. The van der Waals surface area contributed by atoms with Gasteiger partial charge in [-0.25, -0.2) is 0 Å². The SMILES string of the molecule is N#Cc1ccc(C(=O)N2CCCC(COc3ccc(C(=O)NC4CC4)cc3)C2)cc1. The summed E-state index contributed by atoms with van der Waals surface area (Å²) >= 11 is 0. The van der Waals surface area contributed by atoms with Gasteiger partial charge in [0.05, 0.1) is 18.2 Å². The van der Waals surface area contributed by atoms with E-state index in [1.165, 1.54) is 0 Å². The van der Waals surface area contributed by atoms with Crippen LogP contribution in [0.25, 0.3) is 0 Å². The number of ether oxygens (including phenoxy) is 1. The Morgan fingerprint density at radius 1 is 1.03 bits per heavy atom. The molecule has 2 aromatic carbocycles. The number of rotatable bonds is 6. The first-order valence-corrected chi connectivity index (χ1v) is 10.5. The average Bonchev–Trinajstić information content (AvgIpc) is 3.62. The van der Waals surface area contributed by atoms with E-state index in [-0.39, 0.29) is 17.7 Å². The molecule has 30 heavy (non-hydrogen) atoms. The number of amides is 2. The lowest BCUT2D eigenvalue weighted by Crippen LogP contribution is -2.41. The summed E-state index contributed by atoms with van der Waals surface area (Å²) in [5.74, 6) is 0.955. The van der Waals surface area contributed by atoms with Crippen molar-refractivity contribution in [2.75, 3.05) is 19.7 Å².